The molecule has 0 radical (unpaired) electrons. The Balaban J connectivity index is 1.93. The van der Waals surface area contributed by atoms with Crippen LogP contribution in [0.2, 0.25) is 0 Å². The second-order valence-electron chi connectivity index (χ2n) is 22.3. The fraction of sp³-hybridized carbons (Fsp3) is 0.982. The zero-order valence-electron chi connectivity index (χ0n) is 47.1. The first-order chi connectivity index (χ1) is 36.9. The summed E-state index contributed by atoms with van der Waals surface area (Å²) >= 11 is 0. The number of amides is 1. The zero-order chi connectivity index (χ0) is 57.0. The van der Waals surface area contributed by atoms with E-state index < -0.39 is 125 Å². The average Bonchev–Trinajstić information content (AvgIpc) is 3.41. The monoisotopic (exact) mass is 1130 g/mol. The third-order valence-corrected chi connectivity index (χ3v) is 16.5. The summed E-state index contributed by atoms with van der Waals surface area (Å²) in [5.41, 5.74) is 0. The lowest BCUT2D eigenvalue weighted by Gasteiger charge is -2.47. The average molecular weight is 1130 g/mol. The van der Waals surface area contributed by atoms with Crippen LogP contribution in [0, 0.1) is 0 Å². The first-order valence-electron chi connectivity index (χ1n) is 30.3. The number of hydrogen-bond donors (Lipinski definition) is 13. The molecular formula is C56H109NO19P-. The molecule has 0 aromatic carbocycles. The van der Waals surface area contributed by atoms with Crippen LogP contribution >= 0.6 is 7.82 Å². The molecule has 1 aliphatic carbocycles. The summed E-state index contributed by atoms with van der Waals surface area (Å²) in [4.78, 5) is 26.9. The summed E-state index contributed by atoms with van der Waals surface area (Å²) in [5, 5.41) is 130. The standard InChI is InChI=1S/C56H110NO19P/c1-3-5-7-9-11-13-15-17-18-19-20-21-22-23-24-25-27-29-31-33-35-37-42(60)45(62)55(70)57-40(44(61)41(59)36-34-32-30-28-26-16-14-12-10-8-6-4-2)39-73-77(71,72)76-54-51(68)49(66)48(65)50(67)53(54)75-56-52(69)47(64)46(63)43(38-58)74-56/h40-54,56,58-69H,3-39H2,1-2H3,(H,57,70)(H,71,72)/p-1/t40-,41+,42+,43+,44-,45-,46+,47-,48+,49+,50-,51+,52-,53+,54+,56?/m0/s1. The van der Waals surface area contributed by atoms with Gasteiger partial charge < -0.3 is 90.0 Å². The van der Waals surface area contributed by atoms with Crippen molar-refractivity contribution in [3.8, 4) is 0 Å². The highest BCUT2D eigenvalue weighted by molar-refractivity contribution is 7.45. The van der Waals surface area contributed by atoms with Gasteiger partial charge in [-0.2, -0.15) is 0 Å². The molecule has 20 nitrogen and oxygen atoms in total. The van der Waals surface area contributed by atoms with Gasteiger partial charge in [0.2, 0.25) is 0 Å². The van der Waals surface area contributed by atoms with Gasteiger partial charge in [-0.25, -0.2) is 0 Å². The minimum Gasteiger partial charge on any atom is -0.756 e. The van der Waals surface area contributed by atoms with Gasteiger partial charge in [-0.15, -0.1) is 0 Å². The van der Waals surface area contributed by atoms with Crippen LogP contribution in [0.5, 0.6) is 0 Å². The number of phosphoric ester groups is 1. The Morgan fingerprint density at radius 2 is 0.857 bits per heavy atom. The molecule has 2 fully saturated rings. The minimum atomic E-state index is -5.80. The maximum atomic E-state index is 13.5. The predicted octanol–water partition coefficient (Wildman–Crippen LogP) is 5.12. The van der Waals surface area contributed by atoms with Crippen molar-refractivity contribution in [2.45, 2.75) is 336 Å². The zero-order valence-corrected chi connectivity index (χ0v) is 48.0. The van der Waals surface area contributed by atoms with Gasteiger partial charge in [0, 0.05) is 0 Å². The summed E-state index contributed by atoms with van der Waals surface area (Å²) < 4.78 is 34.3. The van der Waals surface area contributed by atoms with Crippen LogP contribution in [-0.2, 0) is 27.9 Å². The molecule has 1 amide bonds. The van der Waals surface area contributed by atoms with Gasteiger partial charge in [-0.1, -0.05) is 226 Å². The Hall–Kier alpha value is -0.980. The fourth-order valence-corrected chi connectivity index (χ4v) is 11.3. The second-order valence-corrected chi connectivity index (χ2v) is 23.7. The summed E-state index contributed by atoms with van der Waals surface area (Å²) in [7, 11) is -5.80. The first kappa shape index (κ1) is 72.1. The van der Waals surface area contributed by atoms with E-state index in [0.29, 0.717) is 12.8 Å². The number of unbranched alkanes of at least 4 members (excludes halogenated alkanes) is 31. The number of ether oxygens (including phenoxy) is 2. The molecule has 0 aromatic heterocycles. The SMILES string of the molecule is CCCCCCCCCCCCCCCCCCCCCCC[C@@H](O)[C@H](O)C(=O)N[C@@H](COP(=O)([O-])O[C@@H]1[C@H](O)[C@H](O)[C@@H](O)[C@H](O)[C@H]1OC1O[C@H](CO)[C@@H](O)[C@H](O)[C@@H]1O)[C@H](O)[C@H](O)CCCCCCCCCCCCCC. The van der Waals surface area contributed by atoms with Crippen molar-refractivity contribution in [3.63, 3.8) is 0 Å². The number of hydrogen-bond acceptors (Lipinski definition) is 19. The van der Waals surface area contributed by atoms with E-state index >= 15 is 0 Å². The summed E-state index contributed by atoms with van der Waals surface area (Å²) in [6.45, 7) is 2.41. The molecule has 0 bridgehead atoms. The van der Waals surface area contributed by atoms with Crippen molar-refractivity contribution in [2.24, 2.45) is 0 Å². The van der Waals surface area contributed by atoms with Crippen LogP contribution in [0.15, 0.2) is 0 Å². The lowest BCUT2D eigenvalue weighted by Crippen LogP contribution is -2.67. The number of carbonyl (C=O) groups is 1. The summed E-state index contributed by atoms with van der Waals surface area (Å²) in [5.74, 6) is -1.19. The normalized spacial score (nSPS) is 27.7. The largest absolute Gasteiger partial charge is 0.756 e. The van der Waals surface area contributed by atoms with E-state index in [0.717, 1.165) is 64.2 Å². The topological polar surface area (TPSA) is 349 Å². The highest BCUT2D eigenvalue weighted by Crippen LogP contribution is 2.44. The smallest absolute Gasteiger partial charge is 0.268 e. The molecule has 21 heteroatoms. The molecule has 0 spiro atoms. The van der Waals surface area contributed by atoms with Gasteiger partial charge in [0.1, 0.15) is 67.1 Å². The van der Waals surface area contributed by atoms with Crippen LogP contribution in [-0.4, -0.2) is 178 Å². The molecule has 458 valence electrons. The third-order valence-electron chi connectivity index (χ3n) is 15.6. The van der Waals surface area contributed by atoms with E-state index in [1.807, 2.05) is 0 Å². The molecule has 17 atom stereocenters. The lowest BCUT2D eigenvalue weighted by molar-refractivity contribution is -0.341. The van der Waals surface area contributed by atoms with Gasteiger partial charge in [0.05, 0.1) is 31.5 Å². The van der Waals surface area contributed by atoms with Crippen LogP contribution < -0.4 is 10.2 Å². The Morgan fingerprint density at radius 3 is 1.25 bits per heavy atom. The van der Waals surface area contributed by atoms with E-state index in [1.54, 1.807) is 0 Å². The van der Waals surface area contributed by atoms with Crippen molar-refractivity contribution in [1.29, 1.82) is 0 Å². The number of nitrogens with one attached hydrogen (secondary N) is 1. The highest BCUT2D eigenvalue weighted by atomic mass is 31.2. The van der Waals surface area contributed by atoms with Gasteiger partial charge in [0.15, 0.2) is 12.4 Å². The van der Waals surface area contributed by atoms with Gasteiger partial charge in [-0.05, 0) is 12.8 Å². The maximum Gasteiger partial charge on any atom is 0.268 e. The fourth-order valence-electron chi connectivity index (χ4n) is 10.4. The predicted molar refractivity (Wildman–Crippen MR) is 290 cm³/mol. The molecule has 77 heavy (non-hydrogen) atoms. The molecule has 1 aliphatic heterocycles. The highest BCUT2D eigenvalue weighted by Gasteiger charge is 2.54. The van der Waals surface area contributed by atoms with Gasteiger partial charge >= 0.3 is 0 Å². The second kappa shape index (κ2) is 42.8. The molecule has 2 rings (SSSR count). The number of aliphatic hydroxyl groups excluding tert-OH is 12. The van der Waals surface area contributed by atoms with Crippen molar-refractivity contribution in [2.75, 3.05) is 13.2 Å². The van der Waals surface area contributed by atoms with Gasteiger partial charge in [-0.3, -0.25) is 9.36 Å². The Kier molecular flexibility index (Phi) is 40.1. The van der Waals surface area contributed by atoms with Crippen molar-refractivity contribution in [1.82, 2.24) is 5.32 Å². The first-order valence-corrected chi connectivity index (χ1v) is 31.7. The quantitative estimate of drug-likeness (QED) is 0.0278. The molecular weight excluding hydrogens is 1020 g/mol. The molecule has 0 aromatic rings. The van der Waals surface area contributed by atoms with E-state index in [1.165, 1.54) is 135 Å². The number of rotatable bonds is 48. The molecule has 1 saturated carbocycles. The van der Waals surface area contributed by atoms with Crippen LogP contribution in [0.4, 0.5) is 0 Å². The van der Waals surface area contributed by atoms with E-state index in [2.05, 4.69) is 19.2 Å². The summed E-state index contributed by atoms with van der Waals surface area (Å²) in [6.07, 6.45) is 8.32. The van der Waals surface area contributed by atoms with Crippen LogP contribution in [0.3, 0.4) is 0 Å². The van der Waals surface area contributed by atoms with E-state index in [4.69, 9.17) is 18.5 Å². The van der Waals surface area contributed by atoms with Crippen LogP contribution in [0.25, 0.3) is 0 Å². The van der Waals surface area contributed by atoms with Crippen molar-refractivity contribution in [3.05, 3.63) is 0 Å². The molecule has 2 aliphatic rings. The lowest BCUT2D eigenvalue weighted by atomic mass is 9.84. The molecule has 1 heterocycles. The Bertz CT molecular complexity index is 1490. The number of aliphatic hydroxyl groups is 12. The molecule has 1 saturated heterocycles. The Labute approximate surface area is 461 Å². The Morgan fingerprint density at radius 1 is 0.506 bits per heavy atom. The maximum absolute atomic E-state index is 13.5. The van der Waals surface area contributed by atoms with Crippen LogP contribution in [0.1, 0.15) is 239 Å². The third kappa shape index (κ3) is 29.2. The van der Waals surface area contributed by atoms with Crippen molar-refractivity contribution < 1.29 is 94.1 Å². The molecule has 13 N–H and O–H groups in total. The summed E-state index contributed by atoms with van der Waals surface area (Å²) in [6, 6.07) is -1.75. The van der Waals surface area contributed by atoms with E-state index in [9.17, 15) is 75.5 Å². The van der Waals surface area contributed by atoms with Crippen molar-refractivity contribution >= 4 is 13.7 Å². The molecule has 2 unspecified atom stereocenters. The van der Waals surface area contributed by atoms with E-state index in [-0.39, 0.29) is 12.8 Å². The number of carbonyl (C=O) groups excluding carboxylic acids is 1. The number of phosphoric acid groups is 1. The van der Waals surface area contributed by atoms with Gasteiger partial charge in [0.25, 0.3) is 13.7 Å². The minimum absolute atomic E-state index is 0.0461.